The van der Waals surface area contributed by atoms with Crippen molar-refractivity contribution in [2.24, 2.45) is 5.92 Å². The van der Waals surface area contributed by atoms with Crippen molar-refractivity contribution in [3.8, 4) is 0 Å². The normalized spacial score (nSPS) is 13.0. The van der Waals surface area contributed by atoms with Gasteiger partial charge in [-0.25, -0.2) is 0 Å². The molecule has 0 heterocycles. The minimum atomic E-state index is -0.875. The lowest BCUT2D eigenvalue weighted by atomic mass is 10.0. The van der Waals surface area contributed by atoms with Crippen LogP contribution in [0.3, 0.4) is 0 Å². The molecule has 0 amide bonds. The summed E-state index contributed by atoms with van der Waals surface area (Å²) in [6.45, 7) is 1.37. The number of hydrogen-bond acceptors (Lipinski definition) is 1. The molecule has 1 unspecified atom stereocenters. The zero-order chi connectivity index (χ0) is 7.98. The number of halogens is 1. The lowest BCUT2D eigenvalue weighted by Crippen LogP contribution is -2.13. The van der Waals surface area contributed by atoms with E-state index in [1.54, 1.807) is 0 Å². The highest BCUT2D eigenvalue weighted by atomic mass is 19.1. The number of carboxylic acids is 1. The van der Waals surface area contributed by atoms with E-state index in [9.17, 15) is 9.18 Å². The highest BCUT2D eigenvalue weighted by molar-refractivity contribution is 5.69. The smallest absolute Gasteiger partial charge is 0.306 e. The molecule has 0 fully saturated rings. The number of aliphatic carboxylic acids is 1. The number of carbonyl (C=O) groups is 1. The van der Waals surface area contributed by atoms with Crippen LogP contribution in [0.5, 0.6) is 0 Å². The molecule has 0 aliphatic rings. The SMILES string of the molecule is CCCC(CCF)C(=O)O. The van der Waals surface area contributed by atoms with E-state index in [1.165, 1.54) is 0 Å². The Balaban J connectivity index is 3.61. The predicted octanol–water partition coefficient (Wildman–Crippen LogP) is 1.85. The molecule has 0 bridgehead atoms. The van der Waals surface area contributed by atoms with Crippen LogP contribution >= 0.6 is 0 Å². The Labute approximate surface area is 60.1 Å². The van der Waals surface area contributed by atoms with E-state index in [-0.39, 0.29) is 6.42 Å². The standard InChI is InChI=1S/C7H13FO2/c1-2-3-6(4-5-8)7(9)10/h6H,2-5H2,1H3,(H,9,10). The van der Waals surface area contributed by atoms with E-state index >= 15 is 0 Å². The quantitative estimate of drug-likeness (QED) is 0.646. The van der Waals surface area contributed by atoms with Gasteiger partial charge in [0.1, 0.15) is 0 Å². The third kappa shape index (κ3) is 3.43. The van der Waals surface area contributed by atoms with Crippen molar-refractivity contribution in [3.63, 3.8) is 0 Å². The second-order valence-corrected chi connectivity index (χ2v) is 2.30. The van der Waals surface area contributed by atoms with Gasteiger partial charge in [-0.1, -0.05) is 13.3 Å². The molecule has 60 valence electrons. The second-order valence-electron chi connectivity index (χ2n) is 2.30. The van der Waals surface area contributed by atoms with Crippen LogP contribution in [0.2, 0.25) is 0 Å². The summed E-state index contributed by atoms with van der Waals surface area (Å²) in [7, 11) is 0. The minimum Gasteiger partial charge on any atom is -0.481 e. The summed E-state index contributed by atoms with van der Waals surface area (Å²) in [5, 5.41) is 8.47. The summed E-state index contributed by atoms with van der Waals surface area (Å²) >= 11 is 0. The van der Waals surface area contributed by atoms with Crippen molar-refractivity contribution in [2.75, 3.05) is 6.67 Å². The Kier molecular flexibility index (Phi) is 4.89. The average Bonchev–Trinajstić information content (AvgIpc) is 1.87. The minimum absolute atomic E-state index is 0.156. The molecule has 0 rings (SSSR count). The van der Waals surface area contributed by atoms with Gasteiger partial charge in [0, 0.05) is 0 Å². The zero-order valence-electron chi connectivity index (χ0n) is 6.14. The Hall–Kier alpha value is -0.600. The molecule has 1 N–H and O–H groups in total. The first-order chi connectivity index (χ1) is 4.72. The summed E-state index contributed by atoms with van der Waals surface area (Å²) in [6.07, 6.45) is 1.54. The van der Waals surface area contributed by atoms with E-state index in [1.807, 2.05) is 6.92 Å². The Bertz CT molecular complexity index is 97.8. The summed E-state index contributed by atoms with van der Waals surface area (Å²) < 4.78 is 11.7. The molecule has 0 aromatic carbocycles. The molecule has 10 heavy (non-hydrogen) atoms. The first-order valence-electron chi connectivity index (χ1n) is 3.51. The molecular weight excluding hydrogens is 135 g/mol. The molecular formula is C7H13FO2. The fraction of sp³-hybridized carbons (Fsp3) is 0.857. The first kappa shape index (κ1) is 9.40. The molecule has 0 spiro atoms. The van der Waals surface area contributed by atoms with E-state index in [0.29, 0.717) is 6.42 Å². The monoisotopic (exact) mass is 148 g/mol. The summed E-state index contributed by atoms with van der Waals surface area (Å²) in [6, 6.07) is 0. The lowest BCUT2D eigenvalue weighted by molar-refractivity contribution is -0.142. The Morgan fingerprint density at radius 2 is 2.20 bits per heavy atom. The van der Waals surface area contributed by atoms with E-state index in [0.717, 1.165) is 6.42 Å². The highest BCUT2D eigenvalue weighted by Crippen LogP contribution is 2.10. The van der Waals surface area contributed by atoms with Gasteiger partial charge in [0.15, 0.2) is 0 Å². The van der Waals surface area contributed by atoms with Crippen LogP contribution in [0.15, 0.2) is 0 Å². The second kappa shape index (κ2) is 5.21. The maximum atomic E-state index is 11.7. The Morgan fingerprint density at radius 3 is 2.50 bits per heavy atom. The highest BCUT2D eigenvalue weighted by Gasteiger charge is 2.14. The first-order valence-corrected chi connectivity index (χ1v) is 3.51. The van der Waals surface area contributed by atoms with E-state index in [2.05, 4.69) is 0 Å². The summed E-state index contributed by atoms with van der Waals surface area (Å²) in [4.78, 5) is 10.3. The van der Waals surface area contributed by atoms with Crippen molar-refractivity contribution in [3.05, 3.63) is 0 Å². The van der Waals surface area contributed by atoms with Gasteiger partial charge >= 0.3 is 5.97 Å². The topological polar surface area (TPSA) is 37.3 Å². The summed E-state index contributed by atoms with van der Waals surface area (Å²) in [5.74, 6) is -1.35. The molecule has 0 radical (unpaired) electrons. The Morgan fingerprint density at radius 1 is 1.60 bits per heavy atom. The van der Waals surface area contributed by atoms with Crippen LogP contribution in [-0.4, -0.2) is 17.8 Å². The molecule has 0 saturated heterocycles. The largest absolute Gasteiger partial charge is 0.481 e. The van der Waals surface area contributed by atoms with Gasteiger partial charge in [0.05, 0.1) is 12.6 Å². The molecule has 0 aromatic rings. The van der Waals surface area contributed by atoms with E-state index in [4.69, 9.17) is 5.11 Å². The van der Waals surface area contributed by atoms with Crippen LogP contribution in [-0.2, 0) is 4.79 Å². The van der Waals surface area contributed by atoms with Crippen LogP contribution in [0.4, 0.5) is 4.39 Å². The number of alkyl halides is 1. The molecule has 0 aliphatic heterocycles. The van der Waals surface area contributed by atoms with Gasteiger partial charge in [-0.2, -0.15) is 0 Å². The van der Waals surface area contributed by atoms with Gasteiger partial charge in [-0.05, 0) is 12.8 Å². The van der Waals surface area contributed by atoms with E-state index < -0.39 is 18.6 Å². The van der Waals surface area contributed by atoms with Crippen molar-refractivity contribution in [1.82, 2.24) is 0 Å². The molecule has 0 aliphatic carbocycles. The van der Waals surface area contributed by atoms with Crippen molar-refractivity contribution >= 4 is 5.97 Å². The van der Waals surface area contributed by atoms with Crippen molar-refractivity contribution in [1.29, 1.82) is 0 Å². The molecule has 1 atom stereocenters. The molecule has 3 heteroatoms. The van der Waals surface area contributed by atoms with Gasteiger partial charge in [0.25, 0.3) is 0 Å². The lowest BCUT2D eigenvalue weighted by Gasteiger charge is -2.06. The summed E-state index contributed by atoms with van der Waals surface area (Å²) in [5.41, 5.74) is 0. The number of hydrogen-bond donors (Lipinski definition) is 1. The molecule has 0 aromatic heterocycles. The predicted molar refractivity (Wildman–Crippen MR) is 36.6 cm³/mol. The van der Waals surface area contributed by atoms with Gasteiger partial charge in [-0.3, -0.25) is 9.18 Å². The number of rotatable bonds is 5. The van der Waals surface area contributed by atoms with Crippen molar-refractivity contribution in [2.45, 2.75) is 26.2 Å². The molecule has 2 nitrogen and oxygen atoms in total. The van der Waals surface area contributed by atoms with Gasteiger partial charge in [0.2, 0.25) is 0 Å². The fourth-order valence-electron chi connectivity index (χ4n) is 0.871. The van der Waals surface area contributed by atoms with Crippen LogP contribution in [0.25, 0.3) is 0 Å². The maximum Gasteiger partial charge on any atom is 0.306 e. The number of carboxylic acid groups (broad SMARTS) is 1. The van der Waals surface area contributed by atoms with Gasteiger partial charge in [-0.15, -0.1) is 0 Å². The van der Waals surface area contributed by atoms with Crippen LogP contribution < -0.4 is 0 Å². The maximum absolute atomic E-state index is 11.7. The van der Waals surface area contributed by atoms with Crippen LogP contribution in [0, 0.1) is 5.92 Å². The third-order valence-corrected chi connectivity index (χ3v) is 1.44. The van der Waals surface area contributed by atoms with Gasteiger partial charge < -0.3 is 5.11 Å². The van der Waals surface area contributed by atoms with Crippen LogP contribution in [0.1, 0.15) is 26.2 Å². The zero-order valence-corrected chi connectivity index (χ0v) is 6.14. The molecule has 0 saturated carbocycles. The fourth-order valence-corrected chi connectivity index (χ4v) is 0.871. The van der Waals surface area contributed by atoms with Crippen molar-refractivity contribution < 1.29 is 14.3 Å². The third-order valence-electron chi connectivity index (χ3n) is 1.44. The average molecular weight is 148 g/mol.